The number of nitrogens with one attached hydrogen (secondary N) is 1. The molecule has 0 radical (unpaired) electrons. The predicted octanol–water partition coefficient (Wildman–Crippen LogP) is 5.96. The molecule has 0 unspecified atom stereocenters. The Bertz CT molecular complexity index is 960. The molecule has 6 heteroatoms. The summed E-state index contributed by atoms with van der Waals surface area (Å²) in [6.07, 6.45) is 0. The Morgan fingerprint density at radius 2 is 1.54 bits per heavy atom. The Kier molecular flexibility index (Phi) is 5.79. The smallest absolute Gasteiger partial charge is 0.163 e. The average Bonchev–Trinajstić information content (AvgIpc) is 2.74. The Hall–Kier alpha value is -2.56. The normalized spacial score (nSPS) is 12.5. The van der Waals surface area contributed by atoms with E-state index in [1.807, 2.05) is 54.6 Å². The average molecular weight is 416 g/mol. The zero-order valence-corrected chi connectivity index (χ0v) is 16.6. The highest BCUT2D eigenvalue weighted by molar-refractivity contribution is 6.42. The van der Waals surface area contributed by atoms with Gasteiger partial charge in [0.25, 0.3) is 0 Å². The molecule has 0 amide bonds. The topological polar surface area (TPSA) is 39.7 Å². The van der Waals surface area contributed by atoms with Crippen LogP contribution >= 0.6 is 23.2 Å². The van der Waals surface area contributed by atoms with Crippen LogP contribution in [0, 0.1) is 0 Å². The number of halogens is 2. The standard InChI is InChI=1S/C22H19Cl2NO3/c23-19-7-3-16(11-20(19)24)14-28-18-5-1-15(2-6-18)13-25-17-4-8-21-22(12-17)27-10-9-26-21/h1-8,11-12,25H,9-10,13-14H2. The second-order valence-corrected chi connectivity index (χ2v) is 7.21. The van der Waals surface area contributed by atoms with Gasteiger partial charge in [-0.3, -0.25) is 0 Å². The van der Waals surface area contributed by atoms with Gasteiger partial charge in [0.1, 0.15) is 25.6 Å². The molecule has 1 N–H and O–H groups in total. The third-order valence-corrected chi connectivity index (χ3v) is 5.09. The molecule has 4 nitrogen and oxygen atoms in total. The van der Waals surface area contributed by atoms with Crippen molar-refractivity contribution in [2.75, 3.05) is 18.5 Å². The van der Waals surface area contributed by atoms with Crippen molar-refractivity contribution in [1.82, 2.24) is 0 Å². The molecule has 1 aliphatic heterocycles. The number of ether oxygens (including phenoxy) is 3. The molecule has 0 saturated carbocycles. The van der Waals surface area contributed by atoms with Gasteiger partial charge in [0.05, 0.1) is 10.0 Å². The van der Waals surface area contributed by atoms with Crippen molar-refractivity contribution in [2.24, 2.45) is 0 Å². The Balaban J connectivity index is 1.31. The summed E-state index contributed by atoms with van der Waals surface area (Å²) in [5.74, 6) is 2.37. The van der Waals surface area contributed by atoms with Crippen molar-refractivity contribution in [3.05, 3.63) is 81.8 Å². The Morgan fingerprint density at radius 1 is 0.786 bits per heavy atom. The first-order valence-electron chi connectivity index (χ1n) is 8.96. The monoisotopic (exact) mass is 415 g/mol. The number of fused-ring (bicyclic) bond motifs is 1. The van der Waals surface area contributed by atoms with Gasteiger partial charge in [0, 0.05) is 18.3 Å². The van der Waals surface area contributed by atoms with Gasteiger partial charge < -0.3 is 19.5 Å². The van der Waals surface area contributed by atoms with Crippen LogP contribution in [0.15, 0.2) is 60.7 Å². The van der Waals surface area contributed by atoms with Gasteiger partial charge >= 0.3 is 0 Å². The minimum Gasteiger partial charge on any atom is -0.489 e. The van der Waals surface area contributed by atoms with Gasteiger partial charge in [0.2, 0.25) is 0 Å². The zero-order chi connectivity index (χ0) is 19.3. The SMILES string of the molecule is Clc1ccc(COc2ccc(CNc3ccc4c(c3)OCCO4)cc2)cc1Cl. The van der Waals surface area contributed by atoms with Crippen molar-refractivity contribution >= 4 is 28.9 Å². The second kappa shape index (κ2) is 8.63. The number of hydrogen-bond acceptors (Lipinski definition) is 4. The largest absolute Gasteiger partial charge is 0.489 e. The molecular weight excluding hydrogens is 397 g/mol. The summed E-state index contributed by atoms with van der Waals surface area (Å²) >= 11 is 12.0. The molecule has 28 heavy (non-hydrogen) atoms. The van der Waals surface area contributed by atoms with Gasteiger partial charge in [-0.2, -0.15) is 0 Å². The number of hydrogen-bond donors (Lipinski definition) is 1. The fourth-order valence-electron chi connectivity index (χ4n) is 2.86. The first-order chi connectivity index (χ1) is 13.7. The van der Waals surface area contributed by atoms with Gasteiger partial charge in [-0.15, -0.1) is 0 Å². The predicted molar refractivity (Wildman–Crippen MR) is 112 cm³/mol. The van der Waals surface area contributed by atoms with Crippen LogP contribution in [0.5, 0.6) is 17.2 Å². The van der Waals surface area contributed by atoms with Gasteiger partial charge in [-0.05, 0) is 47.5 Å². The van der Waals surface area contributed by atoms with E-state index in [2.05, 4.69) is 5.32 Å². The van der Waals surface area contributed by atoms with Crippen LogP contribution in [-0.2, 0) is 13.2 Å². The van der Waals surface area contributed by atoms with Crippen molar-refractivity contribution < 1.29 is 14.2 Å². The highest BCUT2D eigenvalue weighted by Gasteiger charge is 2.11. The fraction of sp³-hybridized carbons (Fsp3) is 0.182. The summed E-state index contributed by atoms with van der Waals surface area (Å²) < 4.78 is 17.0. The molecule has 0 bridgehead atoms. The summed E-state index contributed by atoms with van der Waals surface area (Å²) in [7, 11) is 0. The van der Waals surface area contributed by atoms with Crippen molar-refractivity contribution in [3.8, 4) is 17.2 Å². The first kappa shape index (κ1) is 18.8. The van der Waals surface area contributed by atoms with Crippen LogP contribution in [0.1, 0.15) is 11.1 Å². The lowest BCUT2D eigenvalue weighted by Gasteiger charge is -2.19. The lowest BCUT2D eigenvalue weighted by molar-refractivity contribution is 0.171. The molecule has 4 rings (SSSR count). The van der Waals surface area contributed by atoms with Gasteiger partial charge in [-0.1, -0.05) is 41.4 Å². The van der Waals surface area contributed by atoms with Crippen molar-refractivity contribution in [1.29, 1.82) is 0 Å². The summed E-state index contributed by atoms with van der Waals surface area (Å²) in [6.45, 7) is 2.32. The summed E-state index contributed by atoms with van der Waals surface area (Å²) in [5, 5.41) is 4.47. The molecule has 1 aliphatic rings. The van der Waals surface area contributed by atoms with E-state index in [9.17, 15) is 0 Å². The summed E-state index contributed by atoms with van der Waals surface area (Å²) in [6, 6.07) is 19.4. The molecule has 3 aromatic carbocycles. The molecule has 0 saturated heterocycles. The summed E-state index contributed by atoms with van der Waals surface area (Å²) in [4.78, 5) is 0. The zero-order valence-electron chi connectivity index (χ0n) is 15.1. The van der Waals surface area contributed by atoms with E-state index >= 15 is 0 Å². The van der Waals surface area contributed by atoms with Gasteiger partial charge in [-0.25, -0.2) is 0 Å². The molecule has 3 aromatic rings. The number of benzene rings is 3. The third-order valence-electron chi connectivity index (χ3n) is 4.35. The molecule has 0 spiro atoms. The van der Waals surface area contributed by atoms with Crippen molar-refractivity contribution in [3.63, 3.8) is 0 Å². The molecule has 144 valence electrons. The highest BCUT2D eigenvalue weighted by atomic mass is 35.5. The van der Waals surface area contributed by atoms with Crippen LogP contribution in [0.2, 0.25) is 10.0 Å². The van der Waals surface area contributed by atoms with E-state index in [1.165, 1.54) is 0 Å². The quantitative estimate of drug-likeness (QED) is 0.539. The molecule has 1 heterocycles. The van der Waals surface area contributed by atoms with Crippen LogP contribution in [0.3, 0.4) is 0 Å². The maximum atomic E-state index is 6.03. The van der Waals surface area contributed by atoms with E-state index in [4.69, 9.17) is 37.4 Å². The van der Waals surface area contributed by atoms with Crippen LogP contribution in [0.4, 0.5) is 5.69 Å². The molecule has 0 aromatic heterocycles. The second-order valence-electron chi connectivity index (χ2n) is 6.39. The van der Waals surface area contributed by atoms with E-state index in [-0.39, 0.29) is 0 Å². The number of anilines is 1. The van der Waals surface area contributed by atoms with Crippen molar-refractivity contribution in [2.45, 2.75) is 13.2 Å². The van der Waals surface area contributed by atoms with Crippen LogP contribution in [-0.4, -0.2) is 13.2 Å². The molecular formula is C22H19Cl2NO3. The van der Waals surface area contributed by atoms with Crippen LogP contribution in [0.25, 0.3) is 0 Å². The molecule has 0 fully saturated rings. The maximum Gasteiger partial charge on any atom is 0.163 e. The Labute approximate surface area is 173 Å². The van der Waals surface area contributed by atoms with Gasteiger partial charge in [0.15, 0.2) is 11.5 Å². The van der Waals surface area contributed by atoms with E-state index in [1.54, 1.807) is 6.07 Å². The molecule has 0 aliphatic carbocycles. The first-order valence-corrected chi connectivity index (χ1v) is 9.72. The fourth-order valence-corrected chi connectivity index (χ4v) is 3.18. The minimum atomic E-state index is 0.436. The molecule has 0 atom stereocenters. The maximum absolute atomic E-state index is 6.03. The van der Waals surface area contributed by atoms with E-state index < -0.39 is 0 Å². The third kappa shape index (κ3) is 4.64. The number of rotatable bonds is 6. The Morgan fingerprint density at radius 3 is 2.32 bits per heavy atom. The van der Waals surface area contributed by atoms with E-state index in [0.29, 0.717) is 36.4 Å². The van der Waals surface area contributed by atoms with E-state index in [0.717, 1.165) is 34.1 Å². The minimum absolute atomic E-state index is 0.436. The summed E-state index contributed by atoms with van der Waals surface area (Å²) in [5.41, 5.74) is 3.11. The van der Waals surface area contributed by atoms with Crippen LogP contribution < -0.4 is 19.5 Å². The lowest BCUT2D eigenvalue weighted by atomic mass is 10.2. The lowest BCUT2D eigenvalue weighted by Crippen LogP contribution is -2.15. The highest BCUT2D eigenvalue weighted by Crippen LogP contribution is 2.32.